The first-order valence-electron chi connectivity index (χ1n) is 8.12. The number of rotatable bonds is 2. The molecule has 3 nitrogen and oxygen atoms in total. The summed E-state index contributed by atoms with van der Waals surface area (Å²) >= 11 is 0. The van der Waals surface area contributed by atoms with E-state index in [2.05, 4.69) is 37.1 Å². The van der Waals surface area contributed by atoms with Gasteiger partial charge in [0.25, 0.3) is 5.91 Å². The molecule has 122 valence electrons. The molecule has 0 aliphatic rings. The molecule has 1 aromatic heterocycles. The van der Waals surface area contributed by atoms with Crippen LogP contribution in [0.1, 0.15) is 42.3 Å². The number of para-hydroxylation sites is 1. The maximum Gasteiger partial charge on any atom is 0.255 e. The summed E-state index contributed by atoms with van der Waals surface area (Å²) in [6, 6.07) is 15.8. The zero-order valence-electron chi connectivity index (χ0n) is 14.6. The highest BCUT2D eigenvalue weighted by molar-refractivity contribution is 6.05. The predicted molar refractivity (Wildman–Crippen MR) is 99.6 cm³/mol. The maximum atomic E-state index is 12.6. The molecule has 1 N–H and O–H groups in total. The van der Waals surface area contributed by atoms with Crippen molar-refractivity contribution in [2.24, 2.45) is 0 Å². The molecule has 0 saturated carbocycles. The number of amides is 1. The van der Waals surface area contributed by atoms with Crippen molar-refractivity contribution < 1.29 is 4.79 Å². The van der Waals surface area contributed by atoms with Crippen molar-refractivity contribution in [3.63, 3.8) is 0 Å². The number of benzene rings is 2. The number of fused-ring (bicyclic) bond motifs is 1. The van der Waals surface area contributed by atoms with Gasteiger partial charge in [0.2, 0.25) is 0 Å². The van der Waals surface area contributed by atoms with Gasteiger partial charge in [0, 0.05) is 10.9 Å². The highest BCUT2D eigenvalue weighted by atomic mass is 16.1. The average Bonchev–Trinajstić information content (AvgIpc) is 2.53. The number of pyridine rings is 1. The van der Waals surface area contributed by atoms with Crippen LogP contribution < -0.4 is 5.32 Å². The van der Waals surface area contributed by atoms with Gasteiger partial charge in [0.15, 0.2) is 0 Å². The Labute approximate surface area is 142 Å². The summed E-state index contributed by atoms with van der Waals surface area (Å²) in [7, 11) is 0. The Morgan fingerprint density at radius 3 is 2.50 bits per heavy atom. The van der Waals surface area contributed by atoms with Gasteiger partial charge in [0.05, 0.1) is 17.4 Å². The van der Waals surface area contributed by atoms with Crippen LogP contribution in [-0.4, -0.2) is 10.9 Å². The minimum absolute atomic E-state index is 0.0715. The van der Waals surface area contributed by atoms with E-state index in [9.17, 15) is 4.79 Å². The molecule has 0 aliphatic carbocycles. The van der Waals surface area contributed by atoms with Gasteiger partial charge in [-0.3, -0.25) is 9.78 Å². The Bertz CT molecular complexity index is 907. The van der Waals surface area contributed by atoms with Crippen LogP contribution in [0.25, 0.3) is 10.9 Å². The molecule has 0 spiro atoms. The van der Waals surface area contributed by atoms with Gasteiger partial charge in [-0.2, -0.15) is 0 Å². The summed E-state index contributed by atoms with van der Waals surface area (Å²) in [4.78, 5) is 17.0. The van der Waals surface area contributed by atoms with Crippen LogP contribution in [0.15, 0.2) is 54.7 Å². The zero-order valence-corrected chi connectivity index (χ0v) is 14.6. The normalized spacial score (nSPS) is 11.5. The first-order chi connectivity index (χ1) is 11.3. The summed E-state index contributed by atoms with van der Waals surface area (Å²) < 4.78 is 0. The first kappa shape index (κ1) is 16.2. The van der Waals surface area contributed by atoms with E-state index in [1.807, 2.05) is 49.4 Å². The third-order valence-electron chi connectivity index (χ3n) is 4.19. The standard InChI is InChI=1S/C21H22N2O/c1-14-11-16(21(2,3)4)9-10-18(14)20(24)23-17-12-15-7-5-6-8-19(15)22-13-17/h5-13H,1-4H3,(H,23,24). The Balaban J connectivity index is 1.86. The van der Waals surface area contributed by atoms with Gasteiger partial charge in [-0.1, -0.05) is 51.1 Å². The average molecular weight is 318 g/mol. The van der Waals surface area contributed by atoms with E-state index in [1.54, 1.807) is 6.20 Å². The molecule has 0 unspecified atom stereocenters. The van der Waals surface area contributed by atoms with Crippen molar-refractivity contribution >= 4 is 22.5 Å². The van der Waals surface area contributed by atoms with Gasteiger partial charge in [-0.15, -0.1) is 0 Å². The van der Waals surface area contributed by atoms with Gasteiger partial charge in [0.1, 0.15) is 0 Å². The Hall–Kier alpha value is -2.68. The third kappa shape index (κ3) is 3.30. The Morgan fingerprint density at radius 1 is 1.04 bits per heavy atom. The number of hydrogen-bond donors (Lipinski definition) is 1. The molecule has 1 amide bonds. The zero-order chi connectivity index (χ0) is 17.3. The lowest BCUT2D eigenvalue weighted by Gasteiger charge is -2.20. The summed E-state index contributed by atoms with van der Waals surface area (Å²) in [5.41, 5.74) is 4.59. The molecule has 2 aromatic carbocycles. The Morgan fingerprint density at radius 2 is 1.79 bits per heavy atom. The van der Waals surface area contributed by atoms with Gasteiger partial charge in [-0.05, 0) is 41.7 Å². The lowest BCUT2D eigenvalue weighted by Crippen LogP contribution is -2.16. The van der Waals surface area contributed by atoms with E-state index in [0.717, 1.165) is 16.5 Å². The number of nitrogens with zero attached hydrogens (tertiary/aromatic N) is 1. The predicted octanol–water partition coefficient (Wildman–Crippen LogP) is 5.09. The molecule has 0 saturated heterocycles. The summed E-state index contributed by atoms with van der Waals surface area (Å²) in [5.74, 6) is -0.106. The van der Waals surface area contributed by atoms with Crippen LogP contribution in [0.4, 0.5) is 5.69 Å². The van der Waals surface area contributed by atoms with E-state index in [-0.39, 0.29) is 11.3 Å². The summed E-state index contributed by atoms with van der Waals surface area (Å²) in [6.07, 6.45) is 1.69. The summed E-state index contributed by atoms with van der Waals surface area (Å²) in [5, 5.41) is 3.96. The van der Waals surface area contributed by atoms with Crippen molar-refractivity contribution in [2.75, 3.05) is 5.32 Å². The lowest BCUT2D eigenvalue weighted by atomic mass is 9.85. The van der Waals surface area contributed by atoms with Crippen LogP contribution >= 0.6 is 0 Å². The van der Waals surface area contributed by atoms with E-state index < -0.39 is 0 Å². The van der Waals surface area contributed by atoms with Gasteiger partial charge < -0.3 is 5.32 Å². The molecule has 3 heteroatoms. The monoisotopic (exact) mass is 318 g/mol. The van der Waals surface area contributed by atoms with Crippen LogP contribution in [0, 0.1) is 6.92 Å². The molecule has 1 heterocycles. The van der Waals surface area contributed by atoms with E-state index in [1.165, 1.54) is 5.56 Å². The SMILES string of the molecule is Cc1cc(C(C)(C)C)ccc1C(=O)Nc1cnc2ccccc2c1. The lowest BCUT2D eigenvalue weighted by molar-refractivity contribution is 0.102. The fourth-order valence-corrected chi connectivity index (χ4v) is 2.72. The molecular formula is C21H22N2O. The van der Waals surface area contributed by atoms with Gasteiger partial charge >= 0.3 is 0 Å². The van der Waals surface area contributed by atoms with Crippen molar-refractivity contribution in [1.29, 1.82) is 0 Å². The highest BCUT2D eigenvalue weighted by Gasteiger charge is 2.16. The smallest absolute Gasteiger partial charge is 0.255 e. The number of hydrogen-bond acceptors (Lipinski definition) is 2. The van der Waals surface area contributed by atoms with E-state index >= 15 is 0 Å². The summed E-state index contributed by atoms with van der Waals surface area (Å²) in [6.45, 7) is 8.48. The minimum Gasteiger partial charge on any atom is -0.321 e. The Kier molecular flexibility index (Phi) is 4.10. The number of aromatic nitrogens is 1. The van der Waals surface area contributed by atoms with E-state index in [4.69, 9.17) is 0 Å². The molecule has 0 fully saturated rings. The topological polar surface area (TPSA) is 42.0 Å². The second-order valence-electron chi connectivity index (χ2n) is 7.15. The van der Waals surface area contributed by atoms with Crippen molar-refractivity contribution in [3.05, 3.63) is 71.4 Å². The molecule has 24 heavy (non-hydrogen) atoms. The van der Waals surface area contributed by atoms with E-state index in [0.29, 0.717) is 11.3 Å². The number of nitrogens with one attached hydrogen (secondary N) is 1. The van der Waals surface area contributed by atoms with Crippen LogP contribution in [0.3, 0.4) is 0 Å². The molecule has 0 aliphatic heterocycles. The van der Waals surface area contributed by atoms with Crippen LogP contribution in [0.5, 0.6) is 0 Å². The second-order valence-corrected chi connectivity index (χ2v) is 7.15. The number of carbonyl (C=O) groups excluding carboxylic acids is 1. The quantitative estimate of drug-likeness (QED) is 0.715. The van der Waals surface area contributed by atoms with Crippen molar-refractivity contribution in [2.45, 2.75) is 33.1 Å². The fraction of sp³-hybridized carbons (Fsp3) is 0.238. The van der Waals surface area contributed by atoms with Gasteiger partial charge in [-0.25, -0.2) is 0 Å². The third-order valence-corrected chi connectivity index (χ3v) is 4.19. The van der Waals surface area contributed by atoms with Crippen LogP contribution in [-0.2, 0) is 5.41 Å². The molecule has 0 radical (unpaired) electrons. The maximum absolute atomic E-state index is 12.6. The number of carbonyl (C=O) groups is 1. The number of aryl methyl sites for hydroxylation is 1. The van der Waals surface area contributed by atoms with Crippen molar-refractivity contribution in [1.82, 2.24) is 4.98 Å². The molecule has 0 bridgehead atoms. The molecule has 0 atom stereocenters. The first-order valence-corrected chi connectivity index (χ1v) is 8.12. The minimum atomic E-state index is -0.106. The highest BCUT2D eigenvalue weighted by Crippen LogP contribution is 2.25. The van der Waals surface area contributed by atoms with Crippen molar-refractivity contribution in [3.8, 4) is 0 Å². The second kappa shape index (κ2) is 6.08. The molecule has 3 rings (SSSR count). The number of anilines is 1. The molecule has 3 aromatic rings. The largest absolute Gasteiger partial charge is 0.321 e. The van der Waals surface area contributed by atoms with Crippen LogP contribution in [0.2, 0.25) is 0 Å². The fourth-order valence-electron chi connectivity index (χ4n) is 2.72. The molecular weight excluding hydrogens is 296 g/mol.